The first-order valence-corrected chi connectivity index (χ1v) is 15.9. The van der Waals surface area contributed by atoms with Crippen molar-refractivity contribution in [2.24, 2.45) is 17.8 Å². The van der Waals surface area contributed by atoms with Crippen LogP contribution in [0, 0.1) is 17.8 Å². The van der Waals surface area contributed by atoms with E-state index in [4.69, 9.17) is 11.6 Å². The minimum atomic E-state index is -0.943. The van der Waals surface area contributed by atoms with Crippen LogP contribution in [0.2, 0.25) is 5.02 Å². The molecule has 0 radical (unpaired) electrons. The molecule has 7 atom stereocenters. The lowest BCUT2D eigenvalue weighted by Gasteiger charge is -2.40. The zero-order chi connectivity index (χ0) is 29.6. The normalized spacial score (nSPS) is 30.1. The third-order valence-corrected chi connectivity index (χ3v) is 11.4. The number of rotatable bonds is 7. The van der Waals surface area contributed by atoms with Gasteiger partial charge in [-0.1, -0.05) is 86.5 Å². The van der Waals surface area contributed by atoms with Gasteiger partial charge in [0.15, 0.2) is 0 Å². The fraction of sp³-hybridized carbons (Fsp3) is 0.424. The highest BCUT2D eigenvalue weighted by atomic mass is 35.5. The van der Waals surface area contributed by atoms with Crippen LogP contribution in [0.1, 0.15) is 25.8 Å². The van der Waals surface area contributed by atoms with Crippen molar-refractivity contribution in [3.8, 4) is 0 Å². The van der Waals surface area contributed by atoms with Gasteiger partial charge in [0.05, 0.1) is 29.2 Å². The van der Waals surface area contributed by atoms with Crippen molar-refractivity contribution in [1.29, 1.82) is 0 Å². The number of hydrogen-bond acceptors (Lipinski definition) is 5. The molecule has 3 amide bonds. The van der Waals surface area contributed by atoms with Crippen LogP contribution in [0.3, 0.4) is 0 Å². The molecule has 0 aromatic heterocycles. The average molecular weight is 606 g/mol. The van der Waals surface area contributed by atoms with Gasteiger partial charge in [-0.15, -0.1) is 11.8 Å². The van der Waals surface area contributed by atoms with Crippen LogP contribution in [0.5, 0.6) is 0 Å². The molecule has 1 spiro atoms. The minimum absolute atomic E-state index is 0.0426. The third-order valence-electron chi connectivity index (χ3n) is 9.38. The Bertz CT molecular complexity index is 1420. The summed E-state index contributed by atoms with van der Waals surface area (Å²) >= 11 is 7.71. The van der Waals surface area contributed by atoms with E-state index in [1.54, 1.807) is 33.7 Å². The van der Waals surface area contributed by atoms with E-state index >= 15 is 0 Å². The maximum absolute atomic E-state index is 14.7. The van der Waals surface area contributed by atoms with E-state index in [2.05, 4.69) is 6.08 Å². The van der Waals surface area contributed by atoms with Crippen molar-refractivity contribution in [2.75, 3.05) is 24.6 Å². The zero-order valence-corrected chi connectivity index (χ0v) is 25.4. The number of halogens is 1. The number of anilines is 1. The number of aliphatic hydroxyl groups is 1. The SMILES string of the molecule is CC[C@H](C)[C@H](CO)N1C(=O)[C@@H]2[C@@H]3C(=O)N(Cc4ccccc4)CC=C[C@@H]3S[C@@]23C=CCN(c2ccc(Cl)cc2)C(=O)C13. The lowest BCUT2D eigenvalue weighted by molar-refractivity contribution is -0.145. The topological polar surface area (TPSA) is 81.2 Å². The number of amides is 3. The molecule has 0 aliphatic carbocycles. The number of aliphatic hydroxyl groups excluding tert-OH is 1. The van der Waals surface area contributed by atoms with Gasteiger partial charge in [0.2, 0.25) is 11.8 Å². The molecule has 220 valence electrons. The second-order valence-corrected chi connectivity index (χ2v) is 13.6. The third kappa shape index (κ3) is 4.68. The van der Waals surface area contributed by atoms with Crippen molar-refractivity contribution in [3.63, 3.8) is 0 Å². The smallest absolute Gasteiger partial charge is 0.251 e. The monoisotopic (exact) mass is 605 g/mol. The molecule has 42 heavy (non-hydrogen) atoms. The molecule has 4 aliphatic rings. The first kappa shape index (κ1) is 29.0. The average Bonchev–Trinajstić information content (AvgIpc) is 3.32. The lowest BCUT2D eigenvalue weighted by Crippen LogP contribution is -2.58. The maximum Gasteiger partial charge on any atom is 0.251 e. The van der Waals surface area contributed by atoms with Gasteiger partial charge in [-0.2, -0.15) is 0 Å². The van der Waals surface area contributed by atoms with E-state index in [9.17, 15) is 19.5 Å². The van der Waals surface area contributed by atoms with Crippen LogP contribution >= 0.6 is 23.4 Å². The Kier molecular flexibility index (Phi) is 7.98. The van der Waals surface area contributed by atoms with Crippen molar-refractivity contribution < 1.29 is 19.5 Å². The van der Waals surface area contributed by atoms with Crippen LogP contribution in [0.4, 0.5) is 5.69 Å². The summed E-state index contributed by atoms with van der Waals surface area (Å²) in [5.41, 5.74) is 1.71. The molecule has 2 aromatic rings. The van der Waals surface area contributed by atoms with Gasteiger partial charge < -0.3 is 19.8 Å². The van der Waals surface area contributed by atoms with Crippen LogP contribution in [0.25, 0.3) is 0 Å². The fourth-order valence-electron chi connectivity index (χ4n) is 7.10. The van der Waals surface area contributed by atoms with E-state index < -0.39 is 28.7 Å². The largest absolute Gasteiger partial charge is 0.394 e. The number of carbonyl (C=O) groups excluding carboxylic acids is 3. The Balaban J connectivity index is 1.44. The summed E-state index contributed by atoms with van der Waals surface area (Å²) in [5.74, 6) is -1.89. The summed E-state index contributed by atoms with van der Waals surface area (Å²) in [6.07, 6.45) is 8.78. The molecule has 1 N–H and O–H groups in total. The van der Waals surface area contributed by atoms with Gasteiger partial charge >= 0.3 is 0 Å². The molecule has 0 saturated carbocycles. The number of fused-ring (bicyclic) bond motifs is 2. The van der Waals surface area contributed by atoms with Crippen molar-refractivity contribution in [3.05, 3.63) is 89.5 Å². The summed E-state index contributed by atoms with van der Waals surface area (Å²) < 4.78 is -0.943. The number of hydrogen-bond donors (Lipinski definition) is 1. The summed E-state index contributed by atoms with van der Waals surface area (Å²) in [5, 5.41) is 10.9. The molecule has 2 aromatic carbocycles. The second kappa shape index (κ2) is 11.5. The Morgan fingerprint density at radius 3 is 2.43 bits per heavy atom. The van der Waals surface area contributed by atoms with Crippen LogP contribution in [-0.4, -0.2) is 74.4 Å². The number of benzene rings is 2. The molecule has 2 fully saturated rings. The molecular weight excluding hydrogens is 570 g/mol. The number of likely N-dealkylation sites (tertiary alicyclic amines) is 1. The molecule has 0 bridgehead atoms. The van der Waals surface area contributed by atoms with Gasteiger partial charge in [-0.05, 0) is 35.7 Å². The quantitative estimate of drug-likeness (QED) is 0.469. The highest BCUT2D eigenvalue weighted by Crippen LogP contribution is 2.61. The highest BCUT2D eigenvalue weighted by Gasteiger charge is 2.72. The molecule has 1 unspecified atom stereocenters. The van der Waals surface area contributed by atoms with Gasteiger partial charge in [-0.25, -0.2) is 0 Å². The van der Waals surface area contributed by atoms with Crippen LogP contribution < -0.4 is 4.90 Å². The van der Waals surface area contributed by atoms with Crippen molar-refractivity contribution in [1.82, 2.24) is 9.80 Å². The van der Waals surface area contributed by atoms with E-state index in [1.165, 1.54) is 0 Å². The van der Waals surface area contributed by atoms with Crippen molar-refractivity contribution >= 4 is 46.8 Å². The zero-order valence-electron chi connectivity index (χ0n) is 23.8. The molecule has 9 heteroatoms. The fourth-order valence-corrected chi connectivity index (χ4v) is 9.22. The first-order valence-electron chi connectivity index (χ1n) is 14.7. The predicted octanol–water partition coefficient (Wildman–Crippen LogP) is 4.55. The summed E-state index contributed by atoms with van der Waals surface area (Å²) in [7, 11) is 0. The Hall–Kier alpha value is -3.07. The second-order valence-electron chi connectivity index (χ2n) is 11.7. The standard InChI is InChI=1S/C33H36ClN3O4S/c1-3-21(2)25(20-38)37-29-32(41)36(24-14-12-23(34)13-15-24)18-8-16-33(29)28(31(37)40)27-26(42-33)11-7-17-35(30(27)39)19-22-9-5-4-6-10-22/h4-16,21,25-29,38H,3,17-20H2,1-2H3/t21-,25-,26-,27+,28-,29?,33-/m0/s1. The summed E-state index contributed by atoms with van der Waals surface area (Å²) in [4.78, 5) is 48.8. The van der Waals surface area contributed by atoms with Gasteiger partial charge in [0.25, 0.3) is 5.91 Å². The van der Waals surface area contributed by atoms with Gasteiger partial charge in [-0.3, -0.25) is 14.4 Å². The van der Waals surface area contributed by atoms with Crippen LogP contribution in [0.15, 0.2) is 78.9 Å². The molecule has 2 saturated heterocycles. The Morgan fingerprint density at radius 2 is 1.74 bits per heavy atom. The minimum Gasteiger partial charge on any atom is -0.394 e. The van der Waals surface area contributed by atoms with E-state index in [0.717, 1.165) is 12.0 Å². The molecule has 6 rings (SSSR count). The molecule has 4 heterocycles. The highest BCUT2D eigenvalue weighted by molar-refractivity contribution is 8.02. The Labute approximate surface area is 256 Å². The van der Waals surface area contributed by atoms with Crippen molar-refractivity contribution in [2.45, 2.75) is 48.9 Å². The van der Waals surface area contributed by atoms with Gasteiger partial charge in [0, 0.05) is 35.6 Å². The molecule has 7 nitrogen and oxygen atoms in total. The predicted molar refractivity (Wildman–Crippen MR) is 166 cm³/mol. The van der Waals surface area contributed by atoms with Crippen LogP contribution in [-0.2, 0) is 20.9 Å². The van der Waals surface area contributed by atoms with Gasteiger partial charge in [0.1, 0.15) is 6.04 Å². The number of thioether (sulfide) groups is 1. The Morgan fingerprint density at radius 1 is 1.00 bits per heavy atom. The molecular formula is C33H36ClN3O4S. The summed E-state index contributed by atoms with van der Waals surface area (Å²) in [6.45, 7) is 5.01. The first-order chi connectivity index (χ1) is 20.3. The lowest BCUT2D eigenvalue weighted by atomic mass is 9.78. The van der Waals surface area contributed by atoms with E-state index in [1.807, 2.05) is 79.4 Å². The molecule has 4 aliphatic heterocycles. The number of carbonyl (C=O) groups is 3. The number of nitrogens with zero attached hydrogens (tertiary/aromatic N) is 3. The van der Waals surface area contributed by atoms with E-state index in [0.29, 0.717) is 30.3 Å². The van der Waals surface area contributed by atoms with E-state index in [-0.39, 0.29) is 35.5 Å². The maximum atomic E-state index is 14.7. The summed E-state index contributed by atoms with van der Waals surface area (Å²) in [6, 6.07) is 15.6.